The number of aromatic nitrogens is 1. The largest absolute Gasteiger partial charge is 0.463 e. The van der Waals surface area contributed by atoms with Gasteiger partial charge in [-0.15, -0.1) is 5.11 Å². The fourth-order valence-corrected chi connectivity index (χ4v) is 6.69. The average molecular weight is 723 g/mol. The molecule has 0 amide bonds. The number of hydrogen-bond acceptors (Lipinski definition) is 14. The Kier molecular flexibility index (Phi) is 12.5. The molecule has 4 aromatic rings. The summed E-state index contributed by atoms with van der Waals surface area (Å²) in [4.78, 5) is 54.0. The Morgan fingerprint density at radius 2 is 1.27 bits per heavy atom. The van der Waals surface area contributed by atoms with Gasteiger partial charge in [-0.2, -0.15) is 10.4 Å². The lowest BCUT2D eigenvalue weighted by atomic mass is 9.96. The minimum absolute atomic E-state index is 0.103. The zero-order valence-electron chi connectivity index (χ0n) is 28.6. The molecule has 0 spiro atoms. The van der Waals surface area contributed by atoms with E-state index < -0.39 is 60.3 Å². The van der Waals surface area contributed by atoms with Crippen LogP contribution < -0.4 is 0 Å². The van der Waals surface area contributed by atoms with Crippen molar-refractivity contribution in [1.82, 2.24) is 4.98 Å². The highest BCUT2D eigenvalue weighted by Gasteiger charge is 2.53. The first-order valence-electron chi connectivity index (χ1n) is 16.1. The number of hydrogen-bond donors (Lipinski definition) is 0. The molecule has 1 aliphatic rings. The molecular weight excluding hydrogens is 689 g/mol. The highest BCUT2D eigenvalue weighted by Crippen LogP contribution is 2.46. The van der Waals surface area contributed by atoms with Crippen LogP contribution in [0, 0.1) is 11.3 Å². The second-order valence-electron chi connectivity index (χ2n) is 11.4. The Balaban J connectivity index is 1.74. The van der Waals surface area contributed by atoms with Gasteiger partial charge >= 0.3 is 23.9 Å². The molecule has 0 aliphatic carbocycles. The van der Waals surface area contributed by atoms with Crippen molar-refractivity contribution in [3.63, 3.8) is 0 Å². The Morgan fingerprint density at radius 1 is 0.731 bits per heavy atom. The van der Waals surface area contributed by atoms with Gasteiger partial charge in [0.05, 0.1) is 16.9 Å². The van der Waals surface area contributed by atoms with Gasteiger partial charge in [-0.25, -0.2) is 4.98 Å². The molecule has 14 heteroatoms. The fourth-order valence-electron chi connectivity index (χ4n) is 5.52. The summed E-state index contributed by atoms with van der Waals surface area (Å²) in [5.74, 6) is -2.91. The molecule has 2 heterocycles. The quantitative estimate of drug-likeness (QED) is 0.0893. The first-order valence-corrected chi connectivity index (χ1v) is 17.0. The van der Waals surface area contributed by atoms with Crippen LogP contribution in [0.4, 0.5) is 11.4 Å². The number of carbonyl (C=O) groups excluding carboxylic acids is 4. The maximum Gasteiger partial charge on any atom is 0.303 e. The van der Waals surface area contributed by atoms with Crippen molar-refractivity contribution in [2.75, 3.05) is 6.61 Å². The highest BCUT2D eigenvalue weighted by molar-refractivity contribution is 7.99. The average Bonchev–Trinajstić information content (AvgIpc) is 3.12. The van der Waals surface area contributed by atoms with Crippen molar-refractivity contribution in [2.45, 2.75) is 62.6 Å². The molecule has 1 saturated heterocycles. The summed E-state index contributed by atoms with van der Waals surface area (Å²) < 4.78 is 28.4. The molecule has 0 N–H and O–H groups in total. The first-order chi connectivity index (χ1) is 25.0. The standard InChI is InChI=1S/C38H34N4O9S/c1-22(43)47-21-30-34(48-23(2)44)35(49-24(3)45)36(50-25(4)46)38(51-30)52-37-29(20-39)31(26-14-8-5-9-15-26)33(42-41-28-18-12-7-13-19-28)32(40-37)27-16-10-6-11-17-27/h5-19,30,34-36,38H,21H2,1-4H3/t30-,34-,35+,36-,38+/m1/s1. The number of esters is 4. The van der Waals surface area contributed by atoms with Gasteiger partial charge in [-0.3, -0.25) is 19.2 Å². The fraction of sp³-hybridized carbons (Fsp3) is 0.263. The summed E-state index contributed by atoms with van der Waals surface area (Å²) in [5, 5.41) is 20.1. The van der Waals surface area contributed by atoms with Crippen LogP contribution in [-0.4, -0.2) is 65.3 Å². The lowest BCUT2D eigenvalue weighted by molar-refractivity contribution is -0.237. The number of azo groups is 1. The van der Waals surface area contributed by atoms with Crippen molar-refractivity contribution in [3.8, 4) is 28.5 Å². The Bertz CT molecular complexity index is 1990. The number of pyridine rings is 1. The minimum atomic E-state index is -1.40. The summed E-state index contributed by atoms with van der Waals surface area (Å²) in [6.45, 7) is 4.23. The Labute approximate surface area is 303 Å². The molecule has 52 heavy (non-hydrogen) atoms. The van der Waals surface area contributed by atoms with E-state index in [1.54, 1.807) is 12.1 Å². The van der Waals surface area contributed by atoms with E-state index in [9.17, 15) is 24.4 Å². The molecule has 266 valence electrons. The van der Waals surface area contributed by atoms with Crippen LogP contribution in [0.3, 0.4) is 0 Å². The Morgan fingerprint density at radius 3 is 1.83 bits per heavy atom. The molecular formula is C38H34N4O9S. The zero-order chi connectivity index (χ0) is 37.2. The molecule has 0 radical (unpaired) electrons. The van der Waals surface area contributed by atoms with E-state index in [0.29, 0.717) is 33.8 Å². The maximum absolute atomic E-state index is 12.5. The van der Waals surface area contributed by atoms with Crippen molar-refractivity contribution >= 4 is 47.0 Å². The molecule has 5 rings (SSSR count). The molecule has 5 atom stereocenters. The van der Waals surface area contributed by atoms with E-state index in [1.165, 1.54) is 6.92 Å². The summed E-state index contributed by atoms with van der Waals surface area (Å²) >= 11 is 0.919. The number of nitriles is 1. The highest BCUT2D eigenvalue weighted by atomic mass is 32.2. The van der Waals surface area contributed by atoms with Gasteiger partial charge in [-0.05, 0) is 17.7 Å². The molecule has 1 aliphatic heterocycles. The number of ether oxygens (including phenoxy) is 5. The summed E-state index contributed by atoms with van der Waals surface area (Å²) in [7, 11) is 0. The van der Waals surface area contributed by atoms with Crippen LogP contribution in [0.15, 0.2) is 106 Å². The van der Waals surface area contributed by atoms with Crippen LogP contribution >= 0.6 is 11.8 Å². The second kappa shape index (κ2) is 17.3. The van der Waals surface area contributed by atoms with Gasteiger partial charge in [0.2, 0.25) is 0 Å². The van der Waals surface area contributed by atoms with E-state index in [0.717, 1.165) is 32.5 Å². The smallest absolute Gasteiger partial charge is 0.303 e. The van der Waals surface area contributed by atoms with Crippen molar-refractivity contribution in [1.29, 1.82) is 5.26 Å². The van der Waals surface area contributed by atoms with Crippen LogP contribution in [-0.2, 0) is 42.9 Å². The number of thioether (sulfide) groups is 1. The summed E-state index contributed by atoms with van der Waals surface area (Å²) in [6, 6.07) is 29.7. The van der Waals surface area contributed by atoms with Gasteiger partial charge in [-0.1, -0.05) is 90.6 Å². The lowest BCUT2D eigenvalue weighted by Gasteiger charge is -2.44. The van der Waals surface area contributed by atoms with Crippen molar-refractivity contribution in [3.05, 3.63) is 96.6 Å². The third-order valence-electron chi connectivity index (χ3n) is 7.56. The number of carbonyl (C=O) groups is 4. The molecule has 3 aromatic carbocycles. The monoisotopic (exact) mass is 722 g/mol. The van der Waals surface area contributed by atoms with Gasteiger partial charge in [0.25, 0.3) is 0 Å². The van der Waals surface area contributed by atoms with Crippen molar-refractivity contribution < 1.29 is 42.9 Å². The predicted molar refractivity (Wildman–Crippen MR) is 188 cm³/mol. The zero-order valence-corrected chi connectivity index (χ0v) is 29.4. The SMILES string of the molecule is CC(=O)OC[C@H]1O[C@@H](Sc2nc(-c3ccccc3)c(N=Nc3ccccc3)c(-c3ccccc3)c2C#N)[C@H](OC(C)=O)[C@@H](OC(C)=O)[C@@H]1OC(C)=O. The normalized spacial score (nSPS) is 19.6. The summed E-state index contributed by atoms with van der Waals surface area (Å²) in [5.41, 5.74) is 1.88. The first kappa shape index (κ1) is 37.3. The molecule has 1 aromatic heterocycles. The molecule has 0 saturated carbocycles. The van der Waals surface area contributed by atoms with Crippen LogP contribution in [0.1, 0.15) is 33.3 Å². The maximum atomic E-state index is 12.5. The lowest BCUT2D eigenvalue weighted by Crippen LogP contribution is -2.61. The predicted octanol–water partition coefficient (Wildman–Crippen LogP) is 6.88. The van der Waals surface area contributed by atoms with Crippen molar-refractivity contribution in [2.24, 2.45) is 10.2 Å². The number of nitrogens with zero attached hydrogens (tertiary/aromatic N) is 4. The number of rotatable bonds is 11. The van der Waals surface area contributed by atoms with E-state index in [-0.39, 0.29) is 10.6 Å². The van der Waals surface area contributed by atoms with E-state index in [2.05, 4.69) is 16.3 Å². The molecule has 0 bridgehead atoms. The summed E-state index contributed by atoms with van der Waals surface area (Å²) in [6.07, 6.45) is -5.31. The molecule has 13 nitrogen and oxygen atoms in total. The van der Waals surface area contributed by atoms with Crippen LogP contribution in [0.5, 0.6) is 0 Å². The van der Waals surface area contributed by atoms with Gasteiger partial charge in [0.15, 0.2) is 23.7 Å². The Hall–Kier alpha value is -5.91. The third-order valence-corrected chi connectivity index (χ3v) is 8.69. The number of benzene rings is 3. The van der Waals surface area contributed by atoms with Gasteiger partial charge < -0.3 is 23.7 Å². The van der Waals surface area contributed by atoms with E-state index in [1.807, 2.05) is 78.9 Å². The van der Waals surface area contributed by atoms with Crippen LogP contribution in [0.25, 0.3) is 22.4 Å². The van der Waals surface area contributed by atoms with E-state index >= 15 is 0 Å². The third kappa shape index (κ3) is 9.25. The molecule has 1 fully saturated rings. The topological polar surface area (TPSA) is 176 Å². The van der Waals surface area contributed by atoms with E-state index in [4.69, 9.17) is 28.7 Å². The van der Waals surface area contributed by atoms with Gasteiger partial charge in [0, 0.05) is 38.8 Å². The second-order valence-corrected chi connectivity index (χ2v) is 12.5. The van der Waals surface area contributed by atoms with Gasteiger partial charge in [0.1, 0.15) is 29.5 Å². The minimum Gasteiger partial charge on any atom is -0.463 e. The molecule has 0 unspecified atom stereocenters. The van der Waals surface area contributed by atoms with Crippen LogP contribution in [0.2, 0.25) is 0 Å².